The van der Waals surface area contributed by atoms with Crippen molar-refractivity contribution in [3.8, 4) is 11.1 Å². The number of sulfonamides is 1. The maximum atomic E-state index is 14.6. The van der Waals surface area contributed by atoms with Gasteiger partial charge in [-0.3, -0.25) is 4.79 Å². The van der Waals surface area contributed by atoms with Crippen molar-refractivity contribution in [3.05, 3.63) is 59.9 Å². The Morgan fingerprint density at radius 3 is 2.48 bits per heavy atom. The molecule has 4 nitrogen and oxygen atoms in total. The molecule has 1 saturated heterocycles. The Balaban J connectivity index is 1.81. The van der Waals surface area contributed by atoms with E-state index in [1.165, 1.54) is 10.4 Å². The minimum Gasteiger partial charge on any atom is -0.294 e. The molecule has 0 saturated carbocycles. The third-order valence-corrected chi connectivity index (χ3v) is 7.29. The van der Waals surface area contributed by atoms with E-state index in [2.05, 4.69) is 0 Å². The molecule has 0 aliphatic carbocycles. The van der Waals surface area contributed by atoms with Gasteiger partial charge in [-0.05, 0) is 38.3 Å². The molecule has 1 fully saturated rings. The second kappa shape index (κ2) is 7.90. The number of benzene rings is 2. The van der Waals surface area contributed by atoms with Crippen LogP contribution in [0.15, 0.2) is 48.5 Å². The maximum Gasteiger partial charge on any atom is 0.216 e. The highest BCUT2D eigenvalue weighted by atomic mass is 32.2. The van der Waals surface area contributed by atoms with Gasteiger partial charge in [-0.25, -0.2) is 17.1 Å². The van der Waals surface area contributed by atoms with Crippen LogP contribution in [0.4, 0.5) is 4.39 Å². The molecule has 0 unspecified atom stereocenters. The lowest BCUT2D eigenvalue weighted by Crippen LogP contribution is -2.45. The van der Waals surface area contributed by atoms with Crippen molar-refractivity contribution >= 4 is 15.8 Å². The molecule has 2 aromatic carbocycles. The van der Waals surface area contributed by atoms with Crippen molar-refractivity contribution in [2.45, 2.75) is 31.9 Å². The first-order valence-corrected chi connectivity index (χ1v) is 10.7. The van der Waals surface area contributed by atoms with Crippen molar-refractivity contribution in [2.75, 3.05) is 13.1 Å². The van der Waals surface area contributed by atoms with Crippen molar-refractivity contribution in [3.63, 3.8) is 0 Å². The van der Waals surface area contributed by atoms with Crippen LogP contribution in [-0.2, 0) is 10.0 Å². The van der Waals surface area contributed by atoms with Gasteiger partial charge in [0.2, 0.25) is 10.0 Å². The summed E-state index contributed by atoms with van der Waals surface area (Å²) in [5, 5.41) is -0.519. The predicted octanol–water partition coefficient (Wildman–Crippen LogP) is 4.13. The van der Waals surface area contributed by atoms with Gasteiger partial charge in [-0.1, -0.05) is 42.5 Å². The van der Waals surface area contributed by atoms with E-state index in [0.29, 0.717) is 30.5 Å². The summed E-state index contributed by atoms with van der Waals surface area (Å²) in [6.45, 7) is 3.88. The van der Waals surface area contributed by atoms with Crippen molar-refractivity contribution in [2.24, 2.45) is 5.92 Å². The molecule has 1 atom stereocenters. The summed E-state index contributed by atoms with van der Waals surface area (Å²) in [5.74, 6) is -1.08. The summed E-state index contributed by atoms with van der Waals surface area (Å²) in [5.41, 5.74) is 1.49. The zero-order valence-corrected chi connectivity index (χ0v) is 16.4. The van der Waals surface area contributed by atoms with Gasteiger partial charge in [0.05, 0.1) is 5.25 Å². The SMILES string of the molecule is CC(C)S(=O)(=O)N1CCC[C@H](C(=O)c2ccc(-c3ccccc3)c(F)c2)C1. The largest absolute Gasteiger partial charge is 0.294 e. The van der Waals surface area contributed by atoms with Crippen LogP contribution in [0.3, 0.4) is 0 Å². The molecular formula is C21H24FNO3S. The Bertz CT molecular complexity index is 926. The number of carbonyl (C=O) groups excluding carboxylic acids is 1. The van der Waals surface area contributed by atoms with Crippen LogP contribution < -0.4 is 0 Å². The van der Waals surface area contributed by atoms with Crippen LogP contribution in [0, 0.1) is 11.7 Å². The van der Waals surface area contributed by atoms with Crippen LogP contribution in [-0.4, -0.2) is 36.8 Å². The Labute approximate surface area is 160 Å². The fourth-order valence-electron chi connectivity index (χ4n) is 3.44. The van der Waals surface area contributed by atoms with Gasteiger partial charge in [0, 0.05) is 30.1 Å². The third kappa shape index (κ3) is 4.12. The number of ketones is 1. The highest BCUT2D eigenvalue weighted by Gasteiger charge is 2.34. The van der Waals surface area contributed by atoms with Crippen LogP contribution in [0.5, 0.6) is 0 Å². The first-order valence-electron chi connectivity index (χ1n) is 9.19. The Morgan fingerprint density at radius 1 is 1.15 bits per heavy atom. The van der Waals surface area contributed by atoms with Crippen molar-refractivity contribution in [1.29, 1.82) is 0 Å². The minimum absolute atomic E-state index is 0.168. The maximum absolute atomic E-state index is 14.6. The highest BCUT2D eigenvalue weighted by Crippen LogP contribution is 2.27. The summed E-state index contributed by atoms with van der Waals surface area (Å²) in [7, 11) is -3.39. The molecule has 0 aromatic heterocycles. The average molecular weight is 389 g/mol. The predicted molar refractivity (Wildman–Crippen MR) is 105 cm³/mol. The number of carbonyl (C=O) groups is 1. The summed E-state index contributed by atoms with van der Waals surface area (Å²) in [6.07, 6.45) is 1.25. The first-order chi connectivity index (χ1) is 12.8. The lowest BCUT2D eigenvalue weighted by molar-refractivity contribution is 0.0871. The number of Topliss-reactive ketones (excluding diaryl/α,β-unsaturated/α-hetero) is 1. The lowest BCUT2D eigenvalue weighted by Gasteiger charge is -2.32. The molecule has 0 radical (unpaired) electrons. The van der Waals surface area contributed by atoms with Gasteiger partial charge in [0.25, 0.3) is 0 Å². The molecule has 1 aliphatic heterocycles. The molecule has 0 bridgehead atoms. The third-order valence-electron chi connectivity index (χ3n) is 5.05. The molecule has 1 heterocycles. The Kier molecular flexibility index (Phi) is 5.77. The number of hydrogen-bond donors (Lipinski definition) is 0. The molecular weight excluding hydrogens is 365 g/mol. The van der Waals surface area contributed by atoms with Crippen LogP contribution >= 0.6 is 0 Å². The molecule has 0 amide bonds. The molecule has 0 spiro atoms. The number of hydrogen-bond acceptors (Lipinski definition) is 3. The van der Waals surface area contributed by atoms with Crippen LogP contribution in [0.1, 0.15) is 37.0 Å². The van der Waals surface area contributed by atoms with E-state index in [9.17, 15) is 17.6 Å². The second-order valence-corrected chi connectivity index (χ2v) is 9.70. The van der Waals surface area contributed by atoms with Gasteiger partial charge in [0.15, 0.2) is 5.78 Å². The van der Waals surface area contributed by atoms with E-state index >= 15 is 0 Å². The number of nitrogens with zero attached hydrogens (tertiary/aromatic N) is 1. The van der Waals surface area contributed by atoms with E-state index < -0.39 is 27.0 Å². The molecule has 2 aromatic rings. The minimum atomic E-state index is -3.39. The molecule has 0 N–H and O–H groups in total. The van der Waals surface area contributed by atoms with Crippen molar-refractivity contribution < 1.29 is 17.6 Å². The summed E-state index contributed by atoms with van der Waals surface area (Å²) in [6, 6.07) is 13.7. The Hall–Kier alpha value is -2.05. The normalized spacial score (nSPS) is 18.6. The highest BCUT2D eigenvalue weighted by molar-refractivity contribution is 7.89. The average Bonchev–Trinajstić information content (AvgIpc) is 2.68. The first kappa shape index (κ1) is 19.7. The van der Waals surface area contributed by atoms with Gasteiger partial charge < -0.3 is 0 Å². The fraction of sp³-hybridized carbons (Fsp3) is 0.381. The second-order valence-electron chi connectivity index (χ2n) is 7.22. The van der Waals surface area contributed by atoms with E-state index in [1.807, 2.05) is 30.3 Å². The number of rotatable bonds is 5. The zero-order valence-electron chi connectivity index (χ0n) is 15.6. The molecule has 1 aliphatic rings. The smallest absolute Gasteiger partial charge is 0.216 e. The quantitative estimate of drug-likeness (QED) is 0.723. The van der Waals surface area contributed by atoms with Gasteiger partial charge in [-0.2, -0.15) is 0 Å². The van der Waals surface area contributed by atoms with Gasteiger partial charge in [0.1, 0.15) is 5.82 Å². The summed E-state index contributed by atoms with van der Waals surface area (Å²) < 4.78 is 40.8. The van der Waals surface area contributed by atoms with Crippen LogP contribution in [0.2, 0.25) is 0 Å². The number of halogens is 1. The molecule has 3 rings (SSSR count). The van der Waals surface area contributed by atoms with E-state index in [4.69, 9.17) is 0 Å². The van der Waals surface area contributed by atoms with E-state index in [1.54, 1.807) is 26.0 Å². The number of piperidine rings is 1. The van der Waals surface area contributed by atoms with E-state index in [0.717, 1.165) is 5.56 Å². The molecule has 6 heteroatoms. The van der Waals surface area contributed by atoms with Gasteiger partial charge >= 0.3 is 0 Å². The summed E-state index contributed by atoms with van der Waals surface area (Å²) >= 11 is 0. The fourth-order valence-corrected chi connectivity index (χ4v) is 4.81. The molecule has 144 valence electrons. The zero-order chi connectivity index (χ0) is 19.6. The van der Waals surface area contributed by atoms with E-state index in [-0.39, 0.29) is 12.3 Å². The monoisotopic (exact) mass is 389 g/mol. The topological polar surface area (TPSA) is 54.5 Å². The molecule has 27 heavy (non-hydrogen) atoms. The van der Waals surface area contributed by atoms with Crippen LogP contribution in [0.25, 0.3) is 11.1 Å². The lowest BCUT2D eigenvalue weighted by atomic mass is 9.90. The summed E-state index contributed by atoms with van der Waals surface area (Å²) in [4.78, 5) is 12.9. The standard InChI is InChI=1S/C21H24FNO3S/c1-15(2)27(25,26)23-12-6-9-18(14-23)21(24)17-10-11-19(20(22)13-17)16-7-4-3-5-8-16/h3-5,7-8,10-11,13,15,18H,6,9,12,14H2,1-2H3/t18-/m0/s1. The Morgan fingerprint density at radius 2 is 1.85 bits per heavy atom. The van der Waals surface area contributed by atoms with Gasteiger partial charge in [-0.15, -0.1) is 0 Å². The van der Waals surface area contributed by atoms with Crippen molar-refractivity contribution in [1.82, 2.24) is 4.31 Å².